The van der Waals surface area contributed by atoms with Gasteiger partial charge in [-0.25, -0.2) is 0 Å². The Balaban J connectivity index is 1.70. The SMILES string of the molecule is CCCC(N)(O)B1OCC2(CCCC3(CCOB(O)CO3)C2C)CO1. The van der Waals surface area contributed by atoms with Gasteiger partial charge in [0.05, 0.1) is 12.1 Å². The lowest BCUT2D eigenvalue weighted by Gasteiger charge is -2.55. The number of rotatable bonds is 3. The van der Waals surface area contributed by atoms with Crippen LogP contribution in [0.25, 0.3) is 0 Å². The van der Waals surface area contributed by atoms with Gasteiger partial charge in [-0.1, -0.05) is 20.3 Å². The summed E-state index contributed by atoms with van der Waals surface area (Å²) < 4.78 is 23.3. The second-order valence-electron chi connectivity index (χ2n) is 8.08. The van der Waals surface area contributed by atoms with Crippen molar-refractivity contribution in [3.63, 3.8) is 0 Å². The minimum Gasteiger partial charge on any atom is -0.425 e. The van der Waals surface area contributed by atoms with Gasteiger partial charge in [-0.2, -0.15) is 0 Å². The van der Waals surface area contributed by atoms with Crippen molar-refractivity contribution in [2.24, 2.45) is 17.1 Å². The fourth-order valence-corrected chi connectivity index (χ4v) is 4.77. The first-order valence-corrected chi connectivity index (χ1v) is 9.52. The summed E-state index contributed by atoms with van der Waals surface area (Å²) in [5.41, 5.74) is 4.03. The summed E-state index contributed by atoms with van der Waals surface area (Å²) in [6.45, 7) is 5.83. The fourth-order valence-electron chi connectivity index (χ4n) is 4.77. The van der Waals surface area contributed by atoms with Gasteiger partial charge in [-0.3, -0.25) is 0 Å². The van der Waals surface area contributed by atoms with E-state index < -0.39 is 19.9 Å². The van der Waals surface area contributed by atoms with Crippen molar-refractivity contribution in [2.45, 2.75) is 63.6 Å². The van der Waals surface area contributed by atoms with Gasteiger partial charge in [-0.05, 0) is 38.0 Å². The summed E-state index contributed by atoms with van der Waals surface area (Å²) in [5, 5.41) is 20.1. The van der Waals surface area contributed by atoms with Gasteiger partial charge in [0.15, 0.2) is 0 Å². The lowest BCUT2D eigenvalue weighted by molar-refractivity contribution is -0.175. The molecule has 7 nitrogen and oxygen atoms in total. The maximum atomic E-state index is 10.4. The zero-order valence-electron chi connectivity index (χ0n) is 15.4. The molecule has 3 fully saturated rings. The molecule has 0 bridgehead atoms. The number of ether oxygens (including phenoxy) is 1. The predicted octanol–water partition coefficient (Wildman–Crippen LogP) is 0.510. The smallest absolute Gasteiger partial charge is 0.425 e. The summed E-state index contributed by atoms with van der Waals surface area (Å²) in [5.74, 6) is 0.195. The van der Waals surface area contributed by atoms with Gasteiger partial charge in [0.25, 0.3) is 0 Å². The van der Waals surface area contributed by atoms with E-state index in [2.05, 4.69) is 6.92 Å². The Hall–Kier alpha value is -0.150. The number of hydrogen-bond donors (Lipinski definition) is 3. The maximum absolute atomic E-state index is 10.4. The minimum atomic E-state index is -1.46. The van der Waals surface area contributed by atoms with Crippen LogP contribution in [0.3, 0.4) is 0 Å². The van der Waals surface area contributed by atoms with Crippen LogP contribution in [0.15, 0.2) is 0 Å². The molecule has 1 saturated carbocycles. The molecule has 2 aliphatic heterocycles. The zero-order chi connectivity index (χ0) is 18.1. The standard InChI is InChI=1S/C16H31B2NO6/c1-3-5-16(19,20)18-24-10-14(11-25-18)6-4-7-15(13(14)2)8-9-23-17(21)12-22-15/h13,20-21H,3-12,19H2,1-2H3. The first kappa shape index (κ1) is 19.6. The topological polar surface area (TPSA) is 103 Å². The van der Waals surface area contributed by atoms with Gasteiger partial charge < -0.3 is 34.6 Å². The molecule has 3 rings (SSSR count). The second kappa shape index (κ2) is 7.46. The van der Waals surface area contributed by atoms with Gasteiger partial charge in [0.2, 0.25) is 0 Å². The Morgan fingerprint density at radius 1 is 1.20 bits per heavy atom. The van der Waals surface area contributed by atoms with Crippen LogP contribution in [0, 0.1) is 11.3 Å². The van der Waals surface area contributed by atoms with E-state index in [9.17, 15) is 10.1 Å². The van der Waals surface area contributed by atoms with Gasteiger partial charge >= 0.3 is 14.2 Å². The molecule has 0 aromatic carbocycles. The molecule has 0 amide bonds. The molecule has 25 heavy (non-hydrogen) atoms. The molecule has 4 N–H and O–H groups in total. The minimum absolute atomic E-state index is 0.160. The number of nitrogens with two attached hydrogens (primary N) is 1. The van der Waals surface area contributed by atoms with Crippen LogP contribution in [-0.2, 0) is 18.7 Å². The van der Waals surface area contributed by atoms with Crippen LogP contribution in [0.2, 0.25) is 0 Å². The third-order valence-electron chi connectivity index (χ3n) is 6.43. The van der Waals surface area contributed by atoms with Crippen LogP contribution < -0.4 is 5.73 Å². The highest BCUT2D eigenvalue weighted by Gasteiger charge is 2.57. The summed E-state index contributed by atoms with van der Waals surface area (Å²) in [4.78, 5) is 0. The zero-order valence-corrected chi connectivity index (χ0v) is 15.4. The Bertz CT molecular complexity index is 460. The lowest BCUT2D eigenvalue weighted by Crippen LogP contribution is -2.64. The molecular weight excluding hydrogens is 324 g/mol. The van der Waals surface area contributed by atoms with E-state index in [4.69, 9.17) is 24.4 Å². The third-order valence-corrected chi connectivity index (χ3v) is 6.43. The normalized spacial score (nSPS) is 35.6. The van der Waals surface area contributed by atoms with E-state index in [-0.39, 0.29) is 23.4 Å². The van der Waals surface area contributed by atoms with Crippen LogP contribution in [-0.4, -0.2) is 61.9 Å². The Morgan fingerprint density at radius 2 is 1.92 bits per heavy atom. The molecule has 0 aromatic heterocycles. The highest BCUT2D eigenvalue weighted by atomic mass is 16.6. The third kappa shape index (κ3) is 3.78. The highest BCUT2D eigenvalue weighted by molar-refractivity contribution is 6.48. The molecule has 9 heteroatoms. The predicted molar refractivity (Wildman–Crippen MR) is 94.4 cm³/mol. The van der Waals surface area contributed by atoms with Crippen molar-refractivity contribution < 1.29 is 28.8 Å². The van der Waals surface area contributed by atoms with E-state index in [1.165, 1.54) is 0 Å². The summed E-state index contributed by atoms with van der Waals surface area (Å²) in [7, 11) is -1.64. The van der Waals surface area contributed by atoms with E-state index in [0.717, 1.165) is 32.1 Å². The fraction of sp³-hybridized carbons (Fsp3) is 1.00. The van der Waals surface area contributed by atoms with Crippen LogP contribution in [0.4, 0.5) is 0 Å². The number of hydrogen-bond acceptors (Lipinski definition) is 7. The second-order valence-corrected chi connectivity index (χ2v) is 8.08. The molecule has 2 saturated heterocycles. The first-order valence-electron chi connectivity index (χ1n) is 9.52. The van der Waals surface area contributed by atoms with E-state index >= 15 is 0 Å². The summed E-state index contributed by atoms with van der Waals surface area (Å²) in [6, 6.07) is 0. The maximum Gasteiger partial charge on any atom is 0.506 e. The summed E-state index contributed by atoms with van der Waals surface area (Å²) >= 11 is 0. The molecule has 3 atom stereocenters. The van der Waals surface area contributed by atoms with E-state index in [1.807, 2.05) is 6.92 Å². The van der Waals surface area contributed by atoms with E-state index in [0.29, 0.717) is 26.2 Å². The Morgan fingerprint density at radius 3 is 2.60 bits per heavy atom. The molecule has 142 valence electrons. The molecular formula is C16H31B2NO6. The Labute approximate surface area is 150 Å². The van der Waals surface area contributed by atoms with Gasteiger partial charge in [0.1, 0.15) is 5.62 Å². The van der Waals surface area contributed by atoms with Crippen molar-refractivity contribution in [1.29, 1.82) is 0 Å². The average molecular weight is 355 g/mol. The van der Waals surface area contributed by atoms with Crippen molar-refractivity contribution in [1.82, 2.24) is 0 Å². The first-order chi connectivity index (χ1) is 11.8. The monoisotopic (exact) mass is 355 g/mol. The van der Waals surface area contributed by atoms with Crippen LogP contribution in [0.1, 0.15) is 52.4 Å². The molecule has 3 aliphatic rings. The van der Waals surface area contributed by atoms with Crippen molar-refractivity contribution >= 4 is 14.2 Å². The molecule has 3 unspecified atom stereocenters. The number of aliphatic hydroxyl groups is 1. The lowest BCUT2D eigenvalue weighted by atomic mass is 9.58. The van der Waals surface area contributed by atoms with Crippen molar-refractivity contribution in [3.8, 4) is 0 Å². The van der Waals surface area contributed by atoms with Crippen molar-refractivity contribution in [3.05, 3.63) is 0 Å². The van der Waals surface area contributed by atoms with E-state index in [1.54, 1.807) is 0 Å². The average Bonchev–Trinajstić information content (AvgIpc) is 2.76. The summed E-state index contributed by atoms with van der Waals surface area (Å²) in [6.07, 6.45) is 4.91. The van der Waals surface area contributed by atoms with Crippen LogP contribution in [0.5, 0.6) is 0 Å². The highest BCUT2D eigenvalue weighted by Crippen LogP contribution is 2.52. The molecule has 0 aromatic rings. The van der Waals surface area contributed by atoms with Gasteiger partial charge in [-0.15, -0.1) is 0 Å². The molecule has 1 aliphatic carbocycles. The van der Waals surface area contributed by atoms with Gasteiger partial charge in [0, 0.05) is 25.2 Å². The van der Waals surface area contributed by atoms with Crippen LogP contribution >= 0.6 is 0 Å². The molecule has 2 spiro atoms. The van der Waals surface area contributed by atoms with Crippen molar-refractivity contribution in [2.75, 3.05) is 26.3 Å². The Kier molecular flexibility index (Phi) is 5.85. The largest absolute Gasteiger partial charge is 0.506 e. The quantitative estimate of drug-likeness (QED) is 0.501. The molecule has 2 heterocycles. The molecule has 0 radical (unpaired) electrons.